The standard InChI is InChI=1S/C4H8O3.Li/c5-3-1-2-4(6)7;/h5H,1-3H2,(H,6,7);. The van der Waals surface area contributed by atoms with Crippen LogP contribution in [0, 0.1) is 0 Å². The molecule has 0 heterocycles. The van der Waals surface area contributed by atoms with Gasteiger partial charge in [0.15, 0.2) is 0 Å². The summed E-state index contributed by atoms with van der Waals surface area (Å²) < 4.78 is 0. The summed E-state index contributed by atoms with van der Waals surface area (Å²) in [5, 5.41) is 16.0. The molecule has 0 saturated heterocycles. The molecule has 0 amide bonds. The molecule has 3 nitrogen and oxygen atoms in total. The predicted octanol–water partition coefficient (Wildman–Crippen LogP) is -0.537. The Balaban J connectivity index is 0. The van der Waals surface area contributed by atoms with Crippen LogP contribution in [-0.2, 0) is 4.79 Å². The second kappa shape index (κ2) is 7.03. The van der Waals surface area contributed by atoms with Crippen molar-refractivity contribution in [2.24, 2.45) is 0 Å². The Bertz CT molecular complexity index is 64.3. The molecule has 0 aliphatic heterocycles. The van der Waals surface area contributed by atoms with E-state index in [-0.39, 0.29) is 31.9 Å². The molecule has 0 unspecified atom stereocenters. The predicted molar refractivity (Wildman–Crippen MR) is 29.7 cm³/mol. The first-order chi connectivity index (χ1) is 3.27. The number of carboxylic acid groups (broad SMARTS) is 1. The minimum absolute atomic E-state index is 0. The molecule has 0 aliphatic rings. The van der Waals surface area contributed by atoms with Crippen molar-refractivity contribution in [2.45, 2.75) is 12.8 Å². The van der Waals surface area contributed by atoms with Gasteiger partial charge in [-0.15, -0.1) is 0 Å². The minimum atomic E-state index is -0.853. The summed E-state index contributed by atoms with van der Waals surface area (Å²) in [4.78, 5) is 9.65. The maximum Gasteiger partial charge on any atom is 0.303 e. The third-order valence-electron chi connectivity index (χ3n) is 0.549. The maximum atomic E-state index is 9.65. The van der Waals surface area contributed by atoms with Gasteiger partial charge in [-0.3, -0.25) is 4.79 Å². The Kier molecular flexibility index (Phi) is 9.59. The maximum absolute atomic E-state index is 9.65. The van der Waals surface area contributed by atoms with Gasteiger partial charge >= 0.3 is 5.97 Å². The molecule has 1 radical (unpaired) electrons. The summed E-state index contributed by atoms with van der Waals surface area (Å²) in [5.41, 5.74) is 0. The van der Waals surface area contributed by atoms with Gasteiger partial charge < -0.3 is 10.2 Å². The number of carboxylic acids is 1. The smallest absolute Gasteiger partial charge is 0.303 e. The van der Waals surface area contributed by atoms with E-state index in [9.17, 15) is 4.79 Å². The molecule has 4 heteroatoms. The zero-order valence-corrected chi connectivity index (χ0v) is 4.92. The molecule has 2 N–H and O–H groups in total. The molecular weight excluding hydrogens is 103 g/mol. The van der Waals surface area contributed by atoms with Gasteiger partial charge in [0.1, 0.15) is 0 Å². The molecule has 0 bridgehead atoms. The molecule has 0 atom stereocenters. The Hall–Kier alpha value is 0.0274. The summed E-state index contributed by atoms with van der Waals surface area (Å²) in [7, 11) is 0. The van der Waals surface area contributed by atoms with E-state index < -0.39 is 5.97 Å². The Morgan fingerprint density at radius 2 is 2.00 bits per heavy atom. The molecular formula is C4H8LiO3. The zero-order valence-electron chi connectivity index (χ0n) is 4.92. The van der Waals surface area contributed by atoms with Crippen LogP contribution < -0.4 is 0 Å². The van der Waals surface area contributed by atoms with E-state index >= 15 is 0 Å². The summed E-state index contributed by atoms with van der Waals surface area (Å²) in [6, 6.07) is 0. The second-order valence-electron chi connectivity index (χ2n) is 1.22. The van der Waals surface area contributed by atoms with Gasteiger partial charge in [-0.1, -0.05) is 0 Å². The van der Waals surface area contributed by atoms with Crippen molar-refractivity contribution in [1.82, 2.24) is 0 Å². The first-order valence-corrected chi connectivity index (χ1v) is 2.10. The van der Waals surface area contributed by atoms with Gasteiger partial charge in [0, 0.05) is 31.9 Å². The summed E-state index contributed by atoms with van der Waals surface area (Å²) in [5.74, 6) is -0.853. The van der Waals surface area contributed by atoms with E-state index in [1.54, 1.807) is 0 Å². The van der Waals surface area contributed by atoms with Crippen LogP contribution in [0.4, 0.5) is 0 Å². The van der Waals surface area contributed by atoms with Gasteiger partial charge in [0.05, 0.1) is 0 Å². The number of carbonyl (C=O) groups is 1. The first-order valence-electron chi connectivity index (χ1n) is 2.10. The fraction of sp³-hybridized carbons (Fsp3) is 0.750. The summed E-state index contributed by atoms with van der Waals surface area (Å²) in [6.45, 7) is -0.0354. The average molecular weight is 111 g/mol. The normalized spacial score (nSPS) is 7.62. The molecule has 0 rings (SSSR count). The largest absolute Gasteiger partial charge is 0.481 e. The van der Waals surface area contributed by atoms with E-state index in [0.717, 1.165) is 0 Å². The van der Waals surface area contributed by atoms with Crippen molar-refractivity contribution in [3.8, 4) is 0 Å². The number of aliphatic hydroxyl groups excluding tert-OH is 1. The van der Waals surface area contributed by atoms with Crippen LogP contribution >= 0.6 is 0 Å². The number of hydrogen-bond donors (Lipinski definition) is 2. The molecule has 0 fully saturated rings. The van der Waals surface area contributed by atoms with Crippen LogP contribution in [0.3, 0.4) is 0 Å². The van der Waals surface area contributed by atoms with Crippen molar-refractivity contribution in [3.63, 3.8) is 0 Å². The monoisotopic (exact) mass is 111 g/mol. The third-order valence-corrected chi connectivity index (χ3v) is 0.549. The van der Waals surface area contributed by atoms with Gasteiger partial charge in [0.2, 0.25) is 0 Å². The number of aliphatic hydroxyl groups is 1. The van der Waals surface area contributed by atoms with Crippen molar-refractivity contribution < 1.29 is 15.0 Å². The molecule has 0 aromatic carbocycles. The molecule has 0 saturated carbocycles. The van der Waals surface area contributed by atoms with Crippen LogP contribution in [0.2, 0.25) is 0 Å². The Morgan fingerprint density at radius 3 is 2.12 bits per heavy atom. The van der Waals surface area contributed by atoms with Crippen molar-refractivity contribution in [1.29, 1.82) is 0 Å². The van der Waals surface area contributed by atoms with E-state index in [4.69, 9.17) is 10.2 Å². The van der Waals surface area contributed by atoms with Gasteiger partial charge in [-0.05, 0) is 6.42 Å². The van der Waals surface area contributed by atoms with Crippen molar-refractivity contribution >= 4 is 24.8 Å². The van der Waals surface area contributed by atoms with Crippen molar-refractivity contribution in [3.05, 3.63) is 0 Å². The average Bonchev–Trinajstić information content (AvgIpc) is 1.61. The topological polar surface area (TPSA) is 57.5 Å². The zero-order chi connectivity index (χ0) is 5.70. The minimum Gasteiger partial charge on any atom is -0.481 e. The van der Waals surface area contributed by atoms with Gasteiger partial charge in [-0.25, -0.2) is 0 Å². The third kappa shape index (κ3) is 9.39. The number of aliphatic carboxylic acids is 1. The summed E-state index contributed by atoms with van der Waals surface area (Å²) in [6.07, 6.45) is 0.422. The molecule has 8 heavy (non-hydrogen) atoms. The van der Waals surface area contributed by atoms with Crippen LogP contribution in [0.25, 0.3) is 0 Å². The van der Waals surface area contributed by atoms with E-state index in [1.165, 1.54) is 0 Å². The molecule has 0 aromatic heterocycles. The SMILES string of the molecule is O=C(O)CCCO.[Li]. The number of hydrogen-bond acceptors (Lipinski definition) is 2. The van der Waals surface area contributed by atoms with Crippen LogP contribution in [0.5, 0.6) is 0 Å². The van der Waals surface area contributed by atoms with E-state index in [1.807, 2.05) is 0 Å². The van der Waals surface area contributed by atoms with Crippen molar-refractivity contribution in [2.75, 3.05) is 6.61 Å². The first kappa shape index (κ1) is 10.9. The Morgan fingerprint density at radius 1 is 1.50 bits per heavy atom. The summed E-state index contributed by atoms with van der Waals surface area (Å²) >= 11 is 0. The molecule has 0 aromatic rings. The fourth-order valence-corrected chi connectivity index (χ4v) is 0.230. The van der Waals surface area contributed by atoms with Gasteiger partial charge in [-0.2, -0.15) is 0 Å². The molecule has 0 spiro atoms. The van der Waals surface area contributed by atoms with Crippen LogP contribution in [0.1, 0.15) is 12.8 Å². The van der Waals surface area contributed by atoms with E-state index in [2.05, 4.69) is 0 Å². The quantitative estimate of drug-likeness (QED) is 0.481. The molecule has 43 valence electrons. The Labute approximate surface area is 59.9 Å². The fourth-order valence-electron chi connectivity index (χ4n) is 0.230. The van der Waals surface area contributed by atoms with Crippen LogP contribution in [0.15, 0.2) is 0 Å². The number of rotatable bonds is 3. The van der Waals surface area contributed by atoms with Gasteiger partial charge in [0.25, 0.3) is 0 Å². The van der Waals surface area contributed by atoms with Crippen LogP contribution in [-0.4, -0.2) is 41.6 Å². The molecule has 0 aliphatic carbocycles. The van der Waals surface area contributed by atoms with E-state index in [0.29, 0.717) is 6.42 Å². The second-order valence-corrected chi connectivity index (χ2v) is 1.22.